The predicted molar refractivity (Wildman–Crippen MR) is 276 cm³/mol. The molecule has 67 heavy (non-hydrogen) atoms. The smallest absolute Gasteiger partial charge is 0.164 e. The first kappa shape index (κ1) is 37.4. The van der Waals surface area contributed by atoms with Gasteiger partial charge in [-0.1, -0.05) is 164 Å². The third-order valence-electron chi connectivity index (χ3n) is 13.6. The largest absolute Gasteiger partial charge is 0.456 e. The second-order valence-electron chi connectivity index (χ2n) is 17.5. The van der Waals surface area contributed by atoms with Crippen LogP contribution in [0, 0.1) is 0 Å². The van der Waals surface area contributed by atoms with Gasteiger partial charge in [0.15, 0.2) is 17.5 Å². The molecule has 0 radical (unpaired) electrons. The molecule has 0 saturated heterocycles. The van der Waals surface area contributed by atoms with Crippen LogP contribution >= 0.6 is 0 Å². The summed E-state index contributed by atoms with van der Waals surface area (Å²) in [4.78, 5) is 15.8. The number of allylic oxidation sites excluding steroid dienone is 3. The number of benzene rings is 10. The minimum absolute atomic E-state index is 0.548. The summed E-state index contributed by atoms with van der Waals surface area (Å²) < 4.78 is 13.2. The first-order chi connectivity index (χ1) is 33.1. The lowest BCUT2D eigenvalue weighted by Crippen LogP contribution is -2.01. The maximum Gasteiger partial charge on any atom is 0.164 e. The lowest BCUT2D eigenvalue weighted by molar-refractivity contribution is 0.600. The van der Waals surface area contributed by atoms with Gasteiger partial charge in [0.25, 0.3) is 0 Å². The normalized spacial score (nSPS) is 12.6. The topological polar surface area (TPSA) is 65.0 Å². The summed E-state index contributed by atoms with van der Waals surface area (Å²) in [5, 5.41) is 12.9. The van der Waals surface area contributed by atoms with Gasteiger partial charge in [-0.3, -0.25) is 0 Å². The van der Waals surface area contributed by atoms with Crippen LogP contribution in [0.15, 0.2) is 215 Å². The van der Waals surface area contributed by atoms with E-state index in [-0.39, 0.29) is 0 Å². The van der Waals surface area contributed by atoms with Crippen molar-refractivity contribution in [1.82, 2.24) is 15.0 Å². The van der Waals surface area contributed by atoms with Crippen LogP contribution in [-0.2, 0) is 6.42 Å². The van der Waals surface area contributed by atoms with Crippen LogP contribution in [0.2, 0.25) is 0 Å². The van der Waals surface area contributed by atoms with Crippen molar-refractivity contribution in [2.75, 3.05) is 0 Å². The van der Waals surface area contributed by atoms with E-state index in [0.717, 1.165) is 84.0 Å². The van der Waals surface area contributed by atoms with E-state index >= 15 is 0 Å². The Hall–Kier alpha value is -8.93. The van der Waals surface area contributed by atoms with Gasteiger partial charge in [0.1, 0.15) is 22.5 Å². The second kappa shape index (κ2) is 14.8. The fourth-order valence-corrected chi connectivity index (χ4v) is 10.2. The molecule has 0 saturated carbocycles. The van der Waals surface area contributed by atoms with Crippen molar-refractivity contribution in [2.24, 2.45) is 0 Å². The van der Waals surface area contributed by atoms with Crippen molar-refractivity contribution in [1.29, 1.82) is 0 Å². The molecular weight excluding hydrogens is 819 g/mol. The molecule has 0 unspecified atom stereocenters. The quantitative estimate of drug-likeness (QED) is 0.161. The zero-order chi connectivity index (χ0) is 44.0. The Bertz CT molecular complexity index is 4250. The van der Waals surface area contributed by atoms with Gasteiger partial charge in [-0.05, 0) is 120 Å². The summed E-state index contributed by atoms with van der Waals surface area (Å²) in [6.07, 6.45) is 9.09. The van der Waals surface area contributed by atoms with Gasteiger partial charge in [0.05, 0.1) is 0 Å². The fourth-order valence-electron chi connectivity index (χ4n) is 10.2. The zero-order valence-corrected chi connectivity index (χ0v) is 36.1. The predicted octanol–water partition coefficient (Wildman–Crippen LogP) is 16.6. The SMILES string of the molecule is C1=CCc2c(oc3cc(-c4nc(-c5ccccc5)nc(-c5cc6oc7ccc(-c8ccc9ccc%10ccccc%10c9c8)cc7c6cc5-c5ccc6ccc7ccccc7c6c5)n4)ccc23)C=C1. The fraction of sp³-hybridized carbons (Fsp3) is 0.0161. The number of nitrogens with zero attached hydrogens (tertiary/aromatic N) is 3. The van der Waals surface area contributed by atoms with Crippen molar-refractivity contribution in [3.63, 3.8) is 0 Å². The van der Waals surface area contributed by atoms with Gasteiger partial charge in [-0.2, -0.15) is 0 Å². The molecule has 3 heterocycles. The highest BCUT2D eigenvalue weighted by Gasteiger charge is 2.22. The maximum atomic E-state index is 6.78. The highest BCUT2D eigenvalue weighted by atomic mass is 16.3. The van der Waals surface area contributed by atoms with Gasteiger partial charge in [-0.25, -0.2) is 15.0 Å². The lowest BCUT2D eigenvalue weighted by atomic mass is 9.92. The van der Waals surface area contributed by atoms with Crippen LogP contribution in [-0.4, -0.2) is 15.0 Å². The van der Waals surface area contributed by atoms with E-state index in [9.17, 15) is 0 Å². The second-order valence-corrected chi connectivity index (χ2v) is 17.5. The molecular formula is C62H37N3O2. The molecule has 0 bridgehead atoms. The van der Waals surface area contributed by atoms with E-state index in [0.29, 0.717) is 17.5 Å². The van der Waals surface area contributed by atoms with Crippen molar-refractivity contribution >= 4 is 82.1 Å². The third-order valence-corrected chi connectivity index (χ3v) is 13.6. The molecule has 14 rings (SSSR count). The molecule has 0 N–H and O–H groups in total. The molecule has 3 aromatic heterocycles. The van der Waals surface area contributed by atoms with Crippen LogP contribution in [0.1, 0.15) is 11.3 Å². The molecule has 1 aliphatic rings. The van der Waals surface area contributed by atoms with Crippen LogP contribution in [0.5, 0.6) is 0 Å². The van der Waals surface area contributed by atoms with Crippen LogP contribution < -0.4 is 0 Å². The first-order valence-corrected chi connectivity index (χ1v) is 22.7. The Kier molecular flexibility index (Phi) is 8.28. The minimum atomic E-state index is 0.548. The summed E-state index contributed by atoms with van der Waals surface area (Å²) in [5.41, 5.74) is 10.5. The number of hydrogen-bond donors (Lipinski definition) is 0. The van der Waals surface area contributed by atoms with Gasteiger partial charge in [0, 0.05) is 38.4 Å². The third kappa shape index (κ3) is 6.20. The van der Waals surface area contributed by atoms with Crippen molar-refractivity contribution in [2.45, 2.75) is 6.42 Å². The van der Waals surface area contributed by atoms with Crippen molar-refractivity contribution in [3.8, 4) is 56.4 Å². The number of rotatable bonds is 5. The van der Waals surface area contributed by atoms with Crippen LogP contribution in [0.4, 0.5) is 0 Å². The Balaban J connectivity index is 0.998. The van der Waals surface area contributed by atoms with Gasteiger partial charge >= 0.3 is 0 Å². The molecule has 5 nitrogen and oxygen atoms in total. The van der Waals surface area contributed by atoms with Crippen LogP contribution in [0.3, 0.4) is 0 Å². The summed E-state index contributed by atoms with van der Waals surface area (Å²) in [6, 6.07) is 66.9. The van der Waals surface area contributed by atoms with Gasteiger partial charge in [0.2, 0.25) is 0 Å². The number of hydrogen-bond acceptors (Lipinski definition) is 5. The minimum Gasteiger partial charge on any atom is -0.456 e. The number of furan rings is 2. The molecule has 0 aliphatic heterocycles. The molecule has 1 aliphatic carbocycles. The Morgan fingerprint density at radius 1 is 0.328 bits per heavy atom. The highest BCUT2D eigenvalue weighted by Crippen LogP contribution is 2.43. The zero-order valence-electron chi connectivity index (χ0n) is 36.1. The standard InChI is InChI=1S/C62H37N3O2/c1-3-13-41(14-4-1)60-63-61(45-27-29-49-48-17-5-2-6-18-56(48)66-58(49)34-45)65-62(64-60)55-36-59-54(35-52(55)44-26-24-40-22-20-38-12-8-10-16-47(38)51(40)33-44)53-32-43(28-30-57(53)67-59)42-25-23-39-21-19-37-11-7-9-15-46(37)50(39)31-42/h1-16,18-36H,17H2. The Morgan fingerprint density at radius 2 is 0.896 bits per heavy atom. The maximum absolute atomic E-state index is 6.78. The average molecular weight is 856 g/mol. The van der Waals surface area contributed by atoms with Gasteiger partial charge in [-0.15, -0.1) is 0 Å². The van der Waals surface area contributed by atoms with Crippen molar-refractivity contribution in [3.05, 3.63) is 218 Å². The average Bonchev–Trinajstić information content (AvgIpc) is 3.84. The number of fused-ring (bicyclic) bond motifs is 12. The van der Waals surface area contributed by atoms with E-state index < -0.39 is 0 Å². The van der Waals surface area contributed by atoms with E-state index in [2.05, 4.69) is 170 Å². The summed E-state index contributed by atoms with van der Waals surface area (Å²) >= 11 is 0. The summed E-state index contributed by atoms with van der Waals surface area (Å²) in [5.74, 6) is 2.56. The molecule has 0 amide bonds. The Morgan fingerprint density at radius 3 is 1.66 bits per heavy atom. The molecule has 0 fully saturated rings. The van der Waals surface area contributed by atoms with Crippen LogP contribution in [0.25, 0.3) is 138 Å². The lowest BCUT2D eigenvalue weighted by Gasteiger charge is -2.14. The van der Waals surface area contributed by atoms with E-state index in [1.165, 1.54) is 48.7 Å². The van der Waals surface area contributed by atoms with E-state index in [1.54, 1.807) is 0 Å². The number of aromatic nitrogens is 3. The Labute approximate surface area is 384 Å². The molecule has 5 heteroatoms. The van der Waals surface area contributed by atoms with E-state index in [1.807, 2.05) is 42.5 Å². The first-order valence-electron chi connectivity index (χ1n) is 22.7. The monoisotopic (exact) mass is 855 g/mol. The molecule has 10 aromatic carbocycles. The molecule has 312 valence electrons. The highest BCUT2D eigenvalue weighted by molar-refractivity contribution is 6.13. The molecule has 13 aromatic rings. The molecule has 0 atom stereocenters. The van der Waals surface area contributed by atoms with Gasteiger partial charge < -0.3 is 8.83 Å². The summed E-state index contributed by atoms with van der Waals surface area (Å²) in [6.45, 7) is 0. The molecule has 0 spiro atoms. The summed E-state index contributed by atoms with van der Waals surface area (Å²) in [7, 11) is 0. The van der Waals surface area contributed by atoms with Crippen molar-refractivity contribution < 1.29 is 8.83 Å². The van der Waals surface area contributed by atoms with E-state index in [4.69, 9.17) is 23.8 Å².